The summed E-state index contributed by atoms with van der Waals surface area (Å²) in [4.78, 5) is 10.7. The molecule has 0 aromatic rings. The minimum absolute atomic E-state index is 0. The van der Waals surface area contributed by atoms with Crippen LogP contribution in [0, 0.1) is 11.8 Å². The van der Waals surface area contributed by atoms with Crippen molar-refractivity contribution in [1.29, 1.82) is 0 Å². The SMILES string of the molecule is C.C=C(O)/C(C=O)=C\C(=C)C(C)CCC(C)CC. The van der Waals surface area contributed by atoms with Gasteiger partial charge in [0.25, 0.3) is 0 Å². The van der Waals surface area contributed by atoms with Gasteiger partial charge in [0.15, 0.2) is 6.29 Å². The average Bonchev–Trinajstić information content (AvgIpc) is 2.31. The maximum Gasteiger partial charge on any atom is 0.153 e. The molecule has 0 aliphatic rings. The van der Waals surface area contributed by atoms with Crippen molar-refractivity contribution in [2.24, 2.45) is 11.8 Å². The standard InChI is InChI=1S/C15H24O2.CH4/c1-6-11(2)7-8-12(3)13(4)9-15(10-16)14(5)17;/h9-12,17H,4-8H2,1-3H3;1H4/b15-9-;. The fourth-order valence-electron chi connectivity index (χ4n) is 1.45. The normalized spacial score (nSPS) is 14.3. The highest BCUT2D eigenvalue weighted by Crippen LogP contribution is 2.22. The second-order valence-corrected chi connectivity index (χ2v) is 4.73. The molecule has 0 radical (unpaired) electrons. The minimum atomic E-state index is -0.199. The van der Waals surface area contributed by atoms with Crippen molar-refractivity contribution >= 4 is 6.29 Å². The zero-order chi connectivity index (χ0) is 13.4. The summed E-state index contributed by atoms with van der Waals surface area (Å²) >= 11 is 0. The van der Waals surface area contributed by atoms with Gasteiger partial charge in [-0.2, -0.15) is 0 Å². The Balaban J connectivity index is 0. The molecule has 0 saturated carbocycles. The molecule has 0 saturated heterocycles. The first kappa shape index (κ1) is 19.0. The second-order valence-electron chi connectivity index (χ2n) is 4.73. The maximum atomic E-state index is 10.7. The molecule has 0 rings (SSSR count). The fourth-order valence-corrected chi connectivity index (χ4v) is 1.45. The number of aliphatic hydroxyl groups is 1. The van der Waals surface area contributed by atoms with E-state index in [4.69, 9.17) is 5.11 Å². The van der Waals surface area contributed by atoms with Crippen LogP contribution in [-0.4, -0.2) is 11.4 Å². The molecule has 0 bridgehead atoms. The lowest BCUT2D eigenvalue weighted by Crippen LogP contribution is -2.02. The number of carbonyl (C=O) groups is 1. The summed E-state index contributed by atoms with van der Waals surface area (Å²) in [6.07, 6.45) is 5.61. The van der Waals surface area contributed by atoms with E-state index >= 15 is 0 Å². The molecule has 2 nitrogen and oxygen atoms in total. The molecule has 0 aromatic heterocycles. The van der Waals surface area contributed by atoms with Gasteiger partial charge in [0, 0.05) is 0 Å². The molecule has 0 heterocycles. The molecule has 2 heteroatoms. The largest absolute Gasteiger partial charge is 0.508 e. The van der Waals surface area contributed by atoms with E-state index in [0.29, 0.717) is 18.1 Å². The first-order valence-corrected chi connectivity index (χ1v) is 6.16. The molecular formula is C16H28O2. The molecule has 0 spiro atoms. The van der Waals surface area contributed by atoms with E-state index in [-0.39, 0.29) is 18.8 Å². The molecule has 0 fully saturated rings. The lowest BCUT2D eigenvalue weighted by Gasteiger charge is -2.15. The Kier molecular flexibility index (Phi) is 10.3. The number of aliphatic hydroxyl groups excluding tert-OH is 1. The molecule has 2 unspecified atom stereocenters. The Hall–Kier alpha value is -1.31. The predicted molar refractivity (Wildman–Crippen MR) is 79.6 cm³/mol. The number of rotatable bonds is 8. The van der Waals surface area contributed by atoms with Crippen molar-refractivity contribution in [1.82, 2.24) is 0 Å². The van der Waals surface area contributed by atoms with Gasteiger partial charge in [-0.3, -0.25) is 4.79 Å². The van der Waals surface area contributed by atoms with Crippen molar-refractivity contribution < 1.29 is 9.90 Å². The second kappa shape index (κ2) is 9.69. The summed E-state index contributed by atoms with van der Waals surface area (Å²) in [5.74, 6) is 0.834. The molecule has 104 valence electrons. The van der Waals surface area contributed by atoms with E-state index in [1.165, 1.54) is 6.42 Å². The maximum absolute atomic E-state index is 10.7. The first-order valence-electron chi connectivity index (χ1n) is 6.16. The molecule has 0 aliphatic carbocycles. The Bertz CT molecular complexity index is 313. The Morgan fingerprint density at radius 3 is 2.22 bits per heavy atom. The smallest absolute Gasteiger partial charge is 0.153 e. The number of carbonyl (C=O) groups excluding carboxylic acids is 1. The number of hydrogen-bond donors (Lipinski definition) is 1. The van der Waals surface area contributed by atoms with Crippen LogP contribution in [0.25, 0.3) is 0 Å². The summed E-state index contributed by atoms with van der Waals surface area (Å²) in [6, 6.07) is 0. The van der Waals surface area contributed by atoms with E-state index in [0.717, 1.165) is 18.4 Å². The number of hydrogen-bond acceptors (Lipinski definition) is 2. The number of allylic oxidation sites excluding steroid dienone is 3. The molecule has 18 heavy (non-hydrogen) atoms. The molecule has 0 aromatic carbocycles. The van der Waals surface area contributed by atoms with Crippen LogP contribution in [0.4, 0.5) is 0 Å². The van der Waals surface area contributed by atoms with Crippen molar-refractivity contribution in [3.63, 3.8) is 0 Å². The summed E-state index contributed by atoms with van der Waals surface area (Å²) < 4.78 is 0. The molecule has 2 atom stereocenters. The van der Waals surface area contributed by atoms with Gasteiger partial charge in [-0.05, 0) is 24.3 Å². The first-order chi connectivity index (χ1) is 7.92. The highest BCUT2D eigenvalue weighted by Gasteiger charge is 2.09. The third kappa shape index (κ3) is 7.10. The third-order valence-electron chi connectivity index (χ3n) is 3.22. The van der Waals surface area contributed by atoms with E-state index < -0.39 is 0 Å². The lowest BCUT2D eigenvalue weighted by atomic mass is 9.91. The van der Waals surface area contributed by atoms with E-state index in [1.807, 2.05) is 0 Å². The average molecular weight is 252 g/mol. The van der Waals surface area contributed by atoms with Gasteiger partial charge in [0.1, 0.15) is 5.76 Å². The van der Waals surface area contributed by atoms with E-state index in [2.05, 4.69) is 33.9 Å². The fraction of sp³-hybridized carbons (Fsp3) is 0.562. The summed E-state index contributed by atoms with van der Waals surface area (Å²) in [7, 11) is 0. The Morgan fingerprint density at radius 1 is 1.28 bits per heavy atom. The van der Waals surface area contributed by atoms with Gasteiger partial charge >= 0.3 is 0 Å². The molecule has 1 N–H and O–H groups in total. The zero-order valence-electron chi connectivity index (χ0n) is 11.2. The van der Waals surface area contributed by atoms with E-state index in [9.17, 15) is 4.79 Å². The van der Waals surface area contributed by atoms with Gasteiger partial charge < -0.3 is 5.11 Å². The summed E-state index contributed by atoms with van der Waals surface area (Å²) in [5.41, 5.74) is 1.08. The minimum Gasteiger partial charge on any atom is -0.508 e. The van der Waals surface area contributed by atoms with Crippen LogP contribution >= 0.6 is 0 Å². The Labute approximate surface area is 112 Å². The monoisotopic (exact) mass is 252 g/mol. The van der Waals surface area contributed by atoms with Crippen molar-refractivity contribution in [2.45, 2.75) is 47.5 Å². The van der Waals surface area contributed by atoms with E-state index in [1.54, 1.807) is 6.08 Å². The molecule has 0 amide bonds. The van der Waals surface area contributed by atoms with Crippen LogP contribution in [0.1, 0.15) is 47.5 Å². The van der Waals surface area contributed by atoms with Crippen LogP contribution in [0.5, 0.6) is 0 Å². The lowest BCUT2D eigenvalue weighted by molar-refractivity contribution is -0.104. The number of aldehydes is 1. The van der Waals surface area contributed by atoms with Gasteiger partial charge in [-0.15, -0.1) is 0 Å². The molecule has 0 aliphatic heterocycles. The van der Waals surface area contributed by atoms with Crippen molar-refractivity contribution in [2.75, 3.05) is 0 Å². The highest BCUT2D eigenvalue weighted by molar-refractivity contribution is 5.79. The van der Waals surface area contributed by atoms with Crippen molar-refractivity contribution in [3.8, 4) is 0 Å². The predicted octanol–water partition coefficient (Wildman–Crippen LogP) is 4.84. The van der Waals surface area contributed by atoms with Crippen LogP contribution in [0.2, 0.25) is 0 Å². The third-order valence-corrected chi connectivity index (χ3v) is 3.22. The highest BCUT2D eigenvalue weighted by atomic mass is 16.3. The van der Waals surface area contributed by atoms with Crippen molar-refractivity contribution in [3.05, 3.63) is 36.1 Å². The van der Waals surface area contributed by atoms with Crippen LogP contribution in [-0.2, 0) is 4.79 Å². The Morgan fingerprint density at radius 2 is 1.83 bits per heavy atom. The van der Waals surface area contributed by atoms with Gasteiger partial charge in [-0.1, -0.05) is 59.8 Å². The summed E-state index contributed by atoms with van der Waals surface area (Å²) in [5, 5.41) is 9.16. The topological polar surface area (TPSA) is 37.3 Å². The van der Waals surface area contributed by atoms with Crippen LogP contribution in [0.3, 0.4) is 0 Å². The quantitative estimate of drug-likeness (QED) is 0.290. The zero-order valence-corrected chi connectivity index (χ0v) is 11.2. The van der Waals surface area contributed by atoms with Gasteiger partial charge in [0.05, 0.1) is 5.57 Å². The van der Waals surface area contributed by atoms with Gasteiger partial charge in [0.2, 0.25) is 0 Å². The molecular weight excluding hydrogens is 224 g/mol. The van der Waals surface area contributed by atoms with Crippen LogP contribution < -0.4 is 0 Å². The van der Waals surface area contributed by atoms with Gasteiger partial charge in [-0.25, -0.2) is 0 Å². The van der Waals surface area contributed by atoms with Crippen LogP contribution in [0.15, 0.2) is 36.1 Å². The summed E-state index contributed by atoms with van der Waals surface area (Å²) in [6.45, 7) is 13.8.